The van der Waals surface area contributed by atoms with E-state index in [2.05, 4.69) is 36.7 Å². The third kappa shape index (κ3) is 5.16. The summed E-state index contributed by atoms with van der Waals surface area (Å²) in [6, 6.07) is 4.18. The molecule has 0 N–H and O–H groups in total. The van der Waals surface area contributed by atoms with Crippen LogP contribution in [-0.2, 0) is 7.05 Å². The van der Waals surface area contributed by atoms with Gasteiger partial charge in [-0.05, 0) is 51.1 Å². The molecular weight excluding hydrogens is 444 g/mol. The van der Waals surface area contributed by atoms with Gasteiger partial charge in [-0.25, -0.2) is 8.78 Å². The minimum atomic E-state index is -0.532. The van der Waals surface area contributed by atoms with Gasteiger partial charge in [0.1, 0.15) is 17.3 Å². The van der Waals surface area contributed by atoms with E-state index in [9.17, 15) is 8.78 Å². The van der Waals surface area contributed by atoms with Gasteiger partial charge in [-0.2, -0.15) is 0 Å². The van der Waals surface area contributed by atoms with Crippen LogP contribution < -0.4 is 4.90 Å². The molecule has 2 aromatic rings. The predicted molar refractivity (Wildman–Crippen MR) is 130 cm³/mol. The Hall–Kier alpha value is -2.59. The Bertz CT molecular complexity index is 1050. The summed E-state index contributed by atoms with van der Waals surface area (Å²) in [4.78, 5) is 12.7. The summed E-state index contributed by atoms with van der Waals surface area (Å²) in [7, 11) is 1.91. The van der Waals surface area contributed by atoms with Crippen LogP contribution in [0.2, 0.25) is 0 Å². The van der Waals surface area contributed by atoms with Crippen molar-refractivity contribution in [1.29, 1.82) is 0 Å². The van der Waals surface area contributed by atoms with Gasteiger partial charge in [0.2, 0.25) is 0 Å². The molecule has 0 radical (unpaired) electrons. The van der Waals surface area contributed by atoms with Crippen molar-refractivity contribution in [2.45, 2.75) is 31.0 Å². The van der Waals surface area contributed by atoms with Crippen molar-refractivity contribution in [3.8, 4) is 0 Å². The Morgan fingerprint density at radius 2 is 2.15 bits per heavy atom. The number of nitrogens with zero attached hydrogens (tertiary/aromatic N) is 7. The number of likely N-dealkylation sites (tertiary alicyclic amines) is 1. The molecule has 1 aromatic heterocycles. The molecule has 2 fully saturated rings. The molecule has 2 aliphatic heterocycles. The van der Waals surface area contributed by atoms with Gasteiger partial charge >= 0.3 is 0 Å². The number of aromatic nitrogens is 3. The summed E-state index contributed by atoms with van der Waals surface area (Å²) in [5, 5.41) is 9.34. The first kappa shape index (κ1) is 23.6. The average Bonchev–Trinajstić information content (AvgIpc) is 3.47. The largest absolute Gasteiger partial charge is 0.365 e. The van der Waals surface area contributed by atoms with E-state index in [1.165, 1.54) is 6.07 Å². The van der Waals surface area contributed by atoms with E-state index in [4.69, 9.17) is 0 Å². The zero-order chi connectivity index (χ0) is 23.4. The van der Waals surface area contributed by atoms with Crippen LogP contribution in [0.4, 0.5) is 14.5 Å². The van der Waals surface area contributed by atoms with E-state index in [0.29, 0.717) is 29.2 Å². The van der Waals surface area contributed by atoms with Gasteiger partial charge in [0.05, 0.1) is 11.9 Å². The quantitative estimate of drug-likeness (QED) is 0.314. The minimum Gasteiger partial charge on any atom is -0.365 e. The second-order valence-electron chi connectivity index (χ2n) is 8.31. The van der Waals surface area contributed by atoms with Crippen molar-refractivity contribution in [3.63, 3.8) is 0 Å². The van der Waals surface area contributed by atoms with E-state index in [1.54, 1.807) is 30.2 Å². The van der Waals surface area contributed by atoms with Crippen LogP contribution in [0.3, 0.4) is 0 Å². The number of hydrogen-bond acceptors (Lipinski definition) is 7. The molecule has 1 aromatic carbocycles. The van der Waals surface area contributed by atoms with Crippen molar-refractivity contribution in [1.82, 2.24) is 19.7 Å². The van der Waals surface area contributed by atoms with Gasteiger partial charge < -0.3 is 14.4 Å². The smallest absolute Gasteiger partial charge is 0.191 e. The number of benzene rings is 1. The predicted octanol–water partition coefficient (Wildman–Crippen LogP) is 3.88. The third-order valence-corrected chi connectivity index (χ3v) is 7.38. The maximum Gasteiger partial charge on any atom is 0.191 e. The lowest BCUT2D eigenvalue weighted by Crippen LogP contribution is -2.36. The summed E-state index contributed by atoms with van der Waals surface area (Å²) < 4.78 is 29.5. The highest BCUT2D eigenvalue weighted by molar-refractivity contribution is 7.99. The maximum absolute atomic E-state index is 14.3. The Kier molecular flexibility index (Phi) is 7.54. The molecule has 4 rings (SSSR count). The van der Waals surface area contributed by atoms with Crippen LogP contribution in [-0.4, -0.2) is 70.6 Å². The Morgan fingerprint density at radius 3 is 2.91 bits per heavy atom. The van der Waals surface area contributed by atoms with Crippen molar-refractivity contribution in [3.05, 3.63) is 41.9 Å². The van der Waals surface area contributed by atoms with Crippen LogP contribution >= 0.6 is 11.8 Å². The number of hydrogen-bond donors (Lipinski definition) is 0. The molecule has 0 aliphatic carbocycles. The number of aliphatic imine (C=N–C) groups is 2. The maximum atomic E-state index is 14.3. The molecular formula is C23H29F2N7S. The Morgan fingerprint density at radius 1 is 1.30 bits per heavy atom. The van der Waals surface area contributed by atoms with Crippen LogP contribution in [0.1, 0.15) is 25.6 Å². The highest BCUT2D eigenvalue weighted by atomic mass is 32.2. The first-order chi connectivity index (χ1) is 16.0. The zero-order valence-corrected chi connectivity index (χ0v) is 19.8. The molecule has 2 atom stereocenters. The number of rotatable bonds is 9. The van der Waals surface area contributed by atoms with Crippen LogP contribution in [0.25, 0.3) is 5.70 Å². The molecule has 33 heavy (non-hydrogen) atoms. The highest BCUT2D eigenvalue weighted by Gasteiger charge is 2.41. The van der Waals surface area contributed by atoms with Gasteiger partial charge in [0, 0.05) is 50.8 Å². The molecule has 176 valence electrons. The molecule has 10 heteroatoms. The van der Waals surface area contributed by atoms with E-state index < -0.39 is 11.6 Å². The summed E-state index contributed by atoms with van der Waals surface area (Å²) in [6.07, 6.45) is 5.36. The van der Waals surface area contributed by atoms with Gasteiger partial charge in [0.25, 0.3) is 0 Å². The van der Waals surface area contributed by atoms with Gasteiger partial charge in [0.15, 0.2) is 11.0 Å². The molecule has 0 bridgehead atoms. The first-order valence-electron chi connectivity index (χ1n) is 11.1. The summed E-state index contributed by atoms with van der Waals surface area (Å²) in [5.74, 6) is 1.08. The second-order valence-corrected chi connectivity index (χ2v) is 9.37. The number of anilines is 1. The topological polar surface area (TPSA) is 61.9 Å². The second kappa shape index (κ2) is 10.6. The lowest BCUT2D eigenvalue weighted by atomic mass is 10.0. The van der Waals surface area contributed by atoms with Gasteiger partial charge in [-0.3, -0.25) is 9.98 Å². The van der Waals surface area contributed by atoms with Crippen LogP contribution in [0, 0.1) is 17.6 Å². The molecule has 3 heterocycles. The standard InChI is InChI=1S/C23H29F2N7S/c1-4-27-13-19(26-2)22-28-29-23(30(22)3)33-11-5-9-31-14-16-8-10-32(21(16)15-31)20-7-6-17(24)12-18(20)25/h4,6-7,12-13,16,21H,2,5,8-11,14-15H2,1,3H3/b19-13-,27-4?. The number of halogens is 2. The van der Waals surface area contributed by atoms with E-state index in [0.717, 1.165) is 56.0 Å². The van der Waals surface area contributed by atoms with E-state index in [-0.39, 0.29) is 0 Å². The lowest BCUT2D eigenvalue weighted by Gasteiger charge is -2.27. The Labute approximate surface area is 197 Å². The number of fused-ring (bicyclic) bond motifs is 1. The summed E-state index contributed by atoms with van der Waals surface area (Å²) in [6.45, 7) is 9.18. The summed E-state index contributed by atoms with van der Waals surface area (Å²) >= 11 is 1.66. The monoisotopic (exact) mass is 473 g/mol. The molecule has 0 spiro atoms. The molecule has 0 amide bonds. The highest BCUT2D eigenvalue weighted by Crippen LogP contribution is 2.36. The Balaban J connectivity index is 1.28. The molecule has 2 unspecified atom stereocenters. The average molecular weight is 474 g/mol. The van der Waals surface area contributed by atoms with E-state index >= 15 is 0 Å². The minimum absolute atomic E-state index is 0.293. The fourth-order valence-corrected chi connectivity index (χ4v) is 5.51. The zero-order valence-electron chi connectivity index (χ0n) is 19.0. The van der Waals surface area contributed by atoms with Crippen molar-refractivity contribution < 1.29 is 8.78 Å². The third-order valence-electron chi connectivity index (χ3n) is 6.27. The van der Waals surface area contributed by atoms with Crippen molar-refractivity contribution in [2.24, 2.45) is 23.0 Å². The first-order valence-corrected chi connectivity index (χ1v) is 12.1. The SMILES string of the molecule is C=N/C(=C\N=CC)c1nnc(SCCCN2CC3CCN(c4ccc(F)cc4F)C3C2)n1C. The fraction of sp³-hybridized carbons (Fsp3) is 0.478. The lowest BCUT2D eigenvalue weighted by molar-refractivity contribution is 0.319. The van der Waals surface area contributed by atoms with Crippen LogP contribution in [0.5, 0.6) is 0 Å². The van der Waals surface area contributed by atoms with Crippen molar-refractivity contribution in [2.75, 3.05) is 36.8 Å². The van der Waals surface area contributed by atoms with Crippen LogP contribution in [0.15, 0.2) is 39.5 Å². The van der Waals surface area contributed by atoms with Gasteiger partial charge in [-0.1, -0.05) is 11.8 Å². The normalized spacial score (nSPS) is 21.3. The fourth-order valence-electron chi connectivity index (χ4n) is 4.67. The number of thioether (sulfide) groups is 1. The van der Waals surface area contributed by atoms with Crippen molar-refractivity contribution >= 4 is 36.1 Å². The van der Waals surface area contributed by atoms with Gasteiger partial charge in [-0.15, -0.1) is 10.2 Å². The molecule has 7 nitrogen and oxygen atoms in total. The molecule has 2 saturated heterocycles. The molecule has 0 saturated carbocycles. The molecule has 2 aliphatic rings. The van der Waals surface area contributed by atoms with E-state index in [1.807, 2.05) is 18.5 Å². The summed E-state index contributed by atoms with van der Waals surface area (Å²) in [5.41, 5.74) is 1.10.